The first-order chi connectivity index (χ1) is 12.5. The quantitative estimate of drug-likeness (QED) is 0.760. The number of carbonyl (C=O) groups is 2. The Balaban J connectivity index is 1.52. The van der Waals surface area contributed by atoms with Crippen LogP contribution in [0.3, 0.4) is 0 Å². The molecule has 1 aromatic heterocycles. The molecule has 6 nitrogen and oxygen atoms in total. The zero-order valence-corrected chi connectivity index (χ0v) is 15.0. The molecular weight excluding hydrogens is 352 g/mol. The van der Waals surface area contributed by atoms with Crippen molar-refractivity contribution in [2.45, 2.75) is 19.4 Å². The van der Waals surface area contributed by atoms with Gasteiger partial charge in [-0.15, -0.1) is 0 Å². The average molecular weight is 370 g/mol. The van der Waals surface area contributed by atoms with Gasteiger partial charge in [0, 0.05) is 18.3 Å². The number of pyridine rings is 1. The van der Waals surface area contributed by atoms with Crippen LogP contribution in [0.25, 0.3) is 6.08 Å². The van der Waals surface area contributed by atoms with E-state index in [-0.39, 0.29) is 11.1 Å². The van der Waals surface area contributed by atoms with E-state index in [1.54, 1.807) is 19.2 Å². The second-order valence-electron chi connectivity index (χ2n) is 5.78. The molecule has 1 aliphatic rings. The van der Waals surface area contributed by atoms with Crippen LogP contribution in [0, 0.1) is 0 Å². The zero-order chi connectivity index (χ0) is 18.5. The van der Waals surface area contributed by atoms with Gasteiger partial charge in [0.2, 0.25) is 0 Å². The Morgan fingerprint density at radius 3 is 2.58 bits per heavy atom. The molecule has 1 aromatic carbocycles. The van der Waals surface area contributed by atoms with Crippen molar-refractivity contribution in [3.05, 3.63) is 64.3 Å². The van der Waals surface area contributed by atoms with Gasteiger partial charge >= 0.3 is 0 Å². The second-order valence-corrected chi connectivity index (χ2v) is 6.79. The molecule has 1 saturated heterocycles. The molecule has 0 aliphatic carbocycles. The van der Waals surface area contributed by atoms with E-state index in [9.17, 15) is 14.7 Å². The molecule has 3 rings (SSSR count). The standard InChI is InChI=1S/C19H18N2O4S/c1-12(22)14-4-5-15(20-11-14)8-9-25-16-6-2-13(3-7-16)10-17-18(23)21-19(24)26-17/h2-7,10-12,22H,8-9H2,1H3,(H,21,23,24)/b17-10-. The number of benzene rings is 1. The molecule has 0 bridgehead atoms. The molecule has 2 N–H and O–H groups in total. The third-order valence-electron chi connectivity index (χ3n) is 3.78. The Morgan fingerprint density at radius 1 is 1.23 bits per heavy atom. The monoisotopic (exact) mass is 370 g/mol. The predicted octanol–water partition coefficient (Wildman–Crippen LogP) is 3.08. The maximum Gasteiger partial charge on any atom is 0.290 e. The molecule has 26 heavy (non-hydrogen) atoms. The van der Waals surface area contributed by atoms with Crippen molar-refractivity contribution < 1.29 is 19.4 Å². The van der Waals surface area contributed by atoms with Crippen LogP contribution in [0.15, 0.2) is 47.5 Å². The number of imide groups is 1. The summed E-state index contributed by atoms with van der Waals surface area (Å²) in [5.74, 6) is 0.349. The van der Waals surface area contributed by atoms with Crippen LogP contribution in [0.2, 0.25) is 0 Å². The number of nitrogens with zero attached hydrogens (tertiary/aromatic N) is 1. The summed E-state index contributed by atoms with van der Waals surface area (Å²) in [5.41, 5.74) is 2.50. The number of ether oxygens (including phenoxy) is 1. The third kappa shape index (κ3) is 4.71. The first kappa shape index (κ1) is 18.2. The summed E-state index contributed by atoms with van der Waals surface area (Å²) in [6.07, 6.45) is 3.48. The van der Waals surface area contributed by atoms with Gasteiger partial charge in [-0.25, -0.2) is 0 Å². The Bertz CT molecular complexity index is 830. The Morgan fingerprint density at radius 2 is 2.00 bits per heavy atom. The Hall–Kier alpha value is -2.64. The van der Waals surface area contributed by atoms with E-state index in [1.165, 1.54) is 0 Å². The van der Waals surface area contributed by atoms with Gasteiger partial charge < -0.3 is 9.84 Å². The molecular formula is C19H18N2O4S. The van der Waals surface area contributed by atoms with Crippen LogP contribution >= 0.6 is 11.8 Å². The normalized spacial score (nSPS) is 16.6. The first-order valence-corrected chi connectivity index (χ1v) is 8.93. The number of thioether (sulfide) groups is 1. The molecule has 1 fully saturated rings. The van der Waals surface area contributed by atoms with Crippen molar-refractivity contribution >= 4 is 29.0 Å². The maximum atomic E-state index is 11.5. The number of aliphatic hydroxyl groups is 1. The molecule has 0 radical (unpaired) electrons. The average Bonchev–Trinajstić information content (AvgIpc) is 2.94. The van der Waals surface area contributed by atoms with E-state index in [0.29, 0.717) is 23.7 Å². The lowest BCUT2D eigenvalue weighted by molar-refractivity contribution is -0.115. The summed E-state index contributed by atoms with van der Waals surface area (Å²) in [5, 5.41) is 11.3. The second kappa shape index (κ2) is 8.16. The number of aromatic nitrogens is 1. The lowest BCUT2D eigenvalue weighted by atomic mass is 10.1. The molecule has 1 atom stereocenters. The molecule has 0 saturated carbocycles. The highest BCUT2D eigenvalue weighted by atomic mass is 32.2. The SMILES string of the molecule is CC(O)c1ccc(CCOc2ccc(/C=C3\SC(=O)NC3=O)cc2)nc1. The fourth-order valence-electron chi connectivity index (χ4n) is 2.34. The number of rotatable bonds is 6. The summed E-state index contributed by atoms with van der Waals surface area (Å²) in [4.78, 5) is 27.4. The van der Waals surface area contributed by atoms with Crippen LogP contribution in [-0.2, 0) is 11.2 Å². The fourth-order valence-corrected chi connectivity index (χ4v) is 3.02. The minimum atomic E-state index is -0.520. The molecule has 2 aromatic rings. The molecule has 1 aliphatic heterocycles. The van der Waals surface area contributed by atoms with Gasteiger partial charge in [0.15, 0.2) is 0 Å². The summed E-state index contributed by atoms with van der Waals surface area (Å²) >= 11 is 0.895. The van der Waals surface area contributed by atoms with E-state index in [1.807, 2.05) is 36.4 Å². The van der Waals surface area contributed by atoms with Crippen LogP contribution in [0.5, 0.6) is 5.75 Å². The minimum Gasteiger partial charge on any atom is -0.493 e. The number of carbonyl (C=O) groups excluding carboxylic acids is 2. The molecule has 1 unspecified atom stereocenters. The van der Waals surface area contributed by atoms with Gasteiger partial charge in [-0.2, -0.15) is 0 Å². The fraction of sp³-hybridized carbons (Fsp3) is 0.211. The van der Waals surface area contributed by atoms with Gasteiger partial charge in [-0.1, -0.05) is 18.2 Å². The zero-order valence-electron chi connectivity index (χ0n) is 14.1. The smallest absolute Gasteiger partial charge is 0.290 e. The number of hydrogen-bond acceptors (Lipinski definition) is 6. The van der Waals surface area contributed by atoms with Crippen molar-refractivity contribution in [1.29, 1.82) is 0 Å². The van der Waals surface area contributed by atoms with E-state index in [0.717, 1.165) is 28.6 Å². The first-order valence-electron chi connectivity index (χ1n) is 8.12. The van der Waals surface area contributed by atoms with Gasteiger partial charge in [0.1, 0.15) is 5.75 Å². The Kier molecular flexibility index (Phi) is 5.70. The third-order valence-corrected chi connectivity index (χ3v) is 4.59. The van der Waals surface area contributed by atoms with E-state index in [2.05, 4.69) is 10.3 Å². The molecule has 134 valence electrons. The van der Waals surface area contributed by atoms with Crippen LogP contribution in [0.4, 0.5) is 4.79 Å². The van der Waals surface area contributed by atoms with E-state index < -0.39 is 6.10 Å². The van der Waals surface area contributed by atoms with E-state index in [4.69, 9.17) is 4.74 Å². The highest BCUT2D eigenvalue weighted by Gasteiger charge is 2.24. The van der Waals surface area contributed by atoms with Crippen molar-refractivity contribution in [3.8, 4) is 5.75 Å². The number of aliphatic hydroxyl groups excluding tert-OH is 1. The largest absolute Gasteiger partial charge is 0.493 e. The molecule has 0 spiro atoms. The summed E-state index contributed by atoms with van der Waals surface area (Å²) in [6.45, 7) is 2.18. The maximum absolute atomic E-state index is 11.5. The van der Waals surface area contributed by atoms with Crippen LogP contribution < -0.4 is 10.1 Å². The predicted molar refractivity (Wildman–Crippen MR) is 99.6 cm³/mol. The van der Waals surface area contributed by atoms with Crippen molar-refractivity contribution in [3.63, 3.8) is 0 Å². The van der Waals surface area contributed by atoms with Crippen LogP contribution in [-0.4, -0.2) is 27.8 Å². The van der Waals surface area contributed by atoms with Crippen molar-refractivity contribution in [2.75, 3.05) is 6.61 Å². The summed E-state index contributed by atoms with van der Waals surface area (Å²) in [7, 11) is 0. The van der Waals surface area contributed by atoms with Gasteiger partial charge in [-0.05, 0) is 54.1 Å². The lowest BCUT2D eigenvalue weighted by Crippen LogP contribution is -2.17. The number of nitrogens with one attached hydrogen (secondary N) is 1. The highest BCUT2D eigenvalue weighted by molar-refractivity contribution is 8.18. The number of amides is 2. The van der Waals surface area contributed by atoms with Gasteiger partial charge in [-0.3, -0.25) is 19.9 Å². The summed E-state index contributed by atoms with van der Waals surface area (Å²) < 4.78 is 5.70. The van der Waals surface area contributed by atoms with Gasteiger partial charge in [0.25, 0.3) is 11.1 Å². The van der Waals surface area contributed by atoms with E-state index >= 15 is 0 Å². The van der Waals surface area contributed by atoms with Crippen molar-refractivity contribution in [1.82, 2.24) is 10.3 Å². The van der Waals surface area contributed by atoms with Crippen molar-refractivity contribution in [2.24, 2.45) is 0 Å². The molecule has 2 heterocycles. The van der Waals surface area contributed by atoms with Crippen LogP contribution in [0.1, 0.15) is 29.8 Å². The topological polar surface area (TPSA) is 88.5 Å². The highest BCUT2D eigenvalue weighted by Crippen LogP contribution is 2.26. The Labute approximate surface area is 155 Å². The molecule has 2 amide bonds. The van der Waals surface area contributed by atoms with Gasteiger partial charge in [0.05, 0.1) is 17.6 Å². The lowest BCUT2D eigenvalue weighted by Gasteiger charge is -2.08. The molecule has 7 heteroatoms. The summed E-state index contributed by atoms with van der Waals surface area (Å²) in [6, 6.07) is 11.0. The number of hydrogen-bond donors (Lipinski definition) is 2. The minimum absolute atomic E-state index is 0.351.